The molecule has 0 saturated heterocycles. The van der Waals surface area contributed by atoms with Crippen LogP contribution in [0.15, 0.2) is 24.3 Å². The van der Waals surface area contributed by atoms with Crippen LogP contribution < -0.4 is 0 Å². The van der Waals surface area contributed by atoms with Crippen molar-refractivity contribution in [3.63, 3.8) is 0 Å². The summed E-state index contributed by atoms with van der Waals surface area (Å²) in [5.74, 6) is 3.42. The second-order valence-corrected chi connectivity index (χ2v) is 12.2. The van der Waals surface area contributed by atoms with Gasteiger partial charge in [0.2, 0.25) is 0 Å². The fourth-order valence-electron chi connectivity index (χ4n) is 7.84. The van der Waals surface area contributed by atoms with Gasteiger partial charge in [-0.1, -0.05) is 46.2 Å². The maximum Gasteiger partial charge on any atom is 0.346 e. The van der Waals surface area contributed by atoms with E-state index in [1.807, 2.05) is 0 Å². The number of aliphatic hydroxyl groups is 3. The number of rotatable bonds is 3. The van der Waals surface area contributed by atoms with Gasteiger partial charge in [0.05, 0.1) is 24.3 Å². The van der Waals surface area contributed by atoms with Gasteiger partial charge in [-0.05, 0) is 97.5 Å². The monoisotopic (exact) mass is 502 g/mol. The number of fused-ring (bicyclic) bond motifs is 4. The lowest BCUT2D eigenvalue weighted by Crippen LogP contribution is -2.54. The van der Waals surface area contributed by atoms with E-state index < -0.39 is 11.9 Å². The van der Waals surface area contributed by atoms with Crippen molar-refractivity contribution < 1.29 is 29.6 Å². The van der Waals surface area contributed by atoms with Crippen molar-refractivity contribution >= 4 is 11.9 Å². The van der Waals surface area contributed by atoms with Crippen molar-refractivity contribution in [3.05, 3.63) is 35.4 Å². The molecule has 1 heterocycles. The normalized spacial score (nSPS) is 34.8. The quantitative estimate of drug-likeness (QED) is 0.386. The minimum atomic E-state index is -0.550. The van der Waals surface area contributed by atoms with E-state index in [1.54, 1.807) is 24.3 Å². The van der Waals surface area contributed by atoms with Crippen molar-refractivity contribution in [2.24, 2.45) is 40.4 Å². The van der Waals surface area contributed by atoms with E-state index in [-0.39, 0.29) is 18.6 Å². The summed E-state index contributed by atoms with van der Waals surface area (Å²) in [7, 11) is 0. The Morgan fingerprint density at radius 1 is 0.917 bits per heavy atom. The fraction of sp³-hybridized carbons (Fsp3) is 0.733. The van der Waals surface area contributed by atoms with Crippen molar-refractivity contribution in [2.45, 2.75) is 79.1 Å². The van der Waals surface area contributed by atoms with Crippen LogP contribution in [0, 0.1) is 40.4 Å². The van der Waals surface area contributed by atoms with Crippen LogP contribution in [-0.4, -0.2) is 47.1 Å². The molecule has 6 nitrogen and oxygen atoms in total. The largest absolute Gasteiger partial charge is 0.396 e. The standard InChI is InChI=1S/C20H36O.C8H4O3.C2H6O2/c1-14(2)15-6-8-17-16(12-15)7-9-18-19(3,13-21)10-5-11-20(17,18)4;9-7-5-3-1-2-4-6(5)8(10)11-7;3-1-2-4/h14-18,21H,5-13H2,1-4H3;1-4H;3-4H,1-2H2/t15?,16?,17-,18-,19-,20+;;/m0../s1. The number of aliphatic hydroxyl groups excluding tert-OH is 3. The molecule has 1 aromatic rings. The molecular formula is C30H46O6. The van der Waals surface area contributed by atoms with Crippen molar-refractivity contribution in [1.29, 1.82) is 0 Å². The van der Waals surface area contributed by atoms with Crippen LogP contribution in [0.1, 0.15) is 99.8 Å². The van der Waals surface area contributed by atoms with Gasteiger partial charge in [0.25, 0.3) is 0 Å². The third kappa shape index (κ3) is 5.87. The molecule has 0 radical (unpaired) electrons. The highest BCUT2D eigenvalue weighted by atomic mass is 16.6. The van der Waals surface area contributed by atoms with Gasteiger partial charge in [0.15, 0.2) is 0 Å². The molecule has 0 amide bonds. The molecule has 0 aromatic heterocycles. The first-order chi connectivity index (χ1) is 17.1. The Balaban J connectivity index is 0.000000200. The Kier molecular flexibility index (Phi) is 9.75. The number of hydrogen-bond acceptors (Lipinski definition) is 6. The number of hydrogen-bond donors (Lipinski definition) is 3. The number of carbonyl (C=O) groups excluding carboxylic acids is 2. The molecule has 202 valence electrons. The predicted octanol–water partition coefficient (Wildman–Crippen LogP) is 5.24. The fourth-order valence-corrected chi connectivity index (χ4v) is 7.84. The van der Waals surface area contributed by atoms with Crippen LogP contribution >= 0.6 is 0 Å². The maximum atomic E-state index is 10.8. The molecule has 6 atom stereocenters. The van der Waals surface area contributed by atoms with Gasteiger partial charge in [-0.3, -0.25) is 0 Å². The van der Waals surface area contributed by atoms with E-state index in [2.05, 4.69) is 32.4 Å². The Labute approximate surface area is 216 Å². The highest BCUT2D eigenvalue weighted by Crippen LogP contribution is 2.64. The highest BCUT2D eigenvalue weighted by molar-refractivity contribution is 6.14. The Morgan fingerprint density at radius 3 is 2.06 bits per heavy atom. The third-order valence-corrected chi connectivity index (χ3v) is 9.75. The number of ether oxygens (including phenoxy) is 1. The van der Waals surface area contributed by atoms with E-state index in [4.69, 9.17) is 10.2 Å². The highest BCUT2D eigenvalue weighted by Gasteiger charge is 2.56. The lowest BCUT2D eigenvalue weighted by Gasteiger charge is -2.61. The van der Waals surface area contributed by atoms with Crippen molar-refractivity contribution in [2.75, 3.05) is 19.8 Å². The Hall–Kier alpha value is -1.76. The van der Waals surface area contributed by atoms with Gasteiger partial charge in [-0.25, -0.2) is 9.59 Å². The summed E-state index contributed by atoms with van der Waals surface area (Å²) in [6.45, 7) is 9.95. The minimum Gasteiger partial charge on any atom is -0.396 e. The lowest BCUT2D eigenvalue weighted by atomic mass is 9.44. The molecule has 36 heavy (non-hydrogen) atoms. The maximum absolute atomic E-state index is 10.8. The molecule has 0 bridgehead atoms. The third-order valence-electron chi connectivity index (χ3n) is 9.75. The molecule has 0 spiro atoms. The van der Waals surface area contributed by atoms with Crippen LogP contribution in [0.5, 0.6) is 0 Å². The summed E-state index contributed by atoms with van der Waals surface area (Å²) in [5, 5.41) is 25.3. The molecule has 3 N–H and O–H groups in total. The Bertz CT molecular complexity index is 862. The van der Waals surface area contributed by atoms with Gasteiger partial charge in [0.1, 0.15) is 0 Å². The number of carbonyl (C=O) groups is 2. The van der Waals surface area contributed by atoms with E-state index in [0.717, 1.165) is 29.6 Å². The summed E-state index contributed by atoms with van der Waals surface area (Å²) in [6, 6.07) is 6.53. The average Bonchev–Trinajstić information content (AvgIpc) is 3.17. The molecule has 5 rings (SSSR count). The molecule has 3 aliphatic carbocycles. The summed E-state index contributed by atoms with van der Waals surface area (Å²) in [4.78, 5) is 21.7. The molecule has 3 saturated carbocycles. The van der Waals surface area contributed by atoms with Crippen molar-refractivity contribution in [1.82, 2.24) is 0 Å². The zero-order valence-corrected chi connectivity index (χ0v) is 22.5. The minimum absolute atomic E-state index is 0.125. The molecule has 1 aliphatic heterocycles. The van der Waals surface area contributed by atoms with Crippen molar-refractivity contribution in [3.8, 4) is 0 Å². The van der Waals surface area contributed by atoms with E-state index in [9.17, 15) is 14.7 Å². The van der Waals surface area contributed by atoms with Crippen LogP contribution in [0.4, 0.5) is 0 Å². The van der Waals surface area contributed by atoms with Crippen LogP contribution in [0.25, 0.3) is 0 Å². The van der Waals surface area contributed by atoms with Gasteiger partial charge in [-0.15, -0.1) is 0 Å². The van der Waals surface area contributed by atoms with E-state index in [1.165, 1.54) is 51.4 Å². The molecular weight excluding hydrogens is 456 g/mol. The summed E-state index contributed by atoms with van der Waals surface area (Å²) >= 11 is 0. The number of benzene rings is 1. The van der Waals surface area contributed by atoms with Gasteiger partial charge >= 0.3 is 11.9 Å². The smallest absolute Gasteiger partial charge is 0.346 e. The van der Waals surface area contributed by atoms with Crippen LogP contribution in [-0.2, 0) is 4.74 Å². The molecule has 4 aliphatic rings. The zero-order valence-electron chi connectivity index (χ0n) is 22.5. The van der Waals surface area contributed by atoms with Gasteiger partial charge in [0, 0.05) is 6.61 Å². The first-order valence-electron chi connectivity index (χ1n) is 13.8. The number of esters is 2. The second kappa shape index (κ2) is 12.2. The predicted molar refractivity (Wildman–Crippen MR) is 139 cm³/mol. The van der Waals surface area contributed by atoms with Gasteiger partial charge < -0.3 is 20.1 Å². The van der Waals surface area contributed by atoms with Crippen LogP contribution in [0.2, 0.25) is 0 Å². The first kappa shape index (κ1) is 28.8. The average molecular weight is 503 g/mol. The lowest BCUT2D eigenvalue weighted by molar-refractivity contribution is -0.135. The molecule has 1 aromatic carbocycles. The topological polar surface area (TPSA) is 104 Å². The SMILES string of the molecule is CC(C)C1CC[C@H]2C(CC[C@H]3[C@](C)(CO)CCC[C@]23C)C1.O=C1OC(=O)c2ccccc21.OCCO. The van der Waals surface area contributed by atoms with E-state index in [0.29, 0.717) is 23.1 Å². The van der Waals surface area contributed by atoms with Gasteiger partial charge in [-0.2, -0.15) is 0 Å². The summed E-state index contributed by atoms with van der Waals surface area (Å²) in [5.41, 5.74) is 1.43. The first-order valence-corrected chi connectivity index (χ1v) is 13.8. The summed E-state index contributed by atoms with van der Waals surface area (Å²) < 4.78 is 4.35. The number of cyclic esters (lactones) is 2. The zero-order chi connectivity index (χ0) is 26.5. The van der Waals surface area contributed by atoms with Crippen LogP contribution in [0.3, 0.4) is 0 Å². The summed E-state index contributed by atoms with van der Waals surface area (Å²) in [6.07, 6.45) is 11.2. The van der Waals surface area contributed by atoms with E-state index >= 15 is 0 Å². The Morgan fingerprint density at radius 2 is 1.53 bits per heavy atom. The molecule has 2 unspecified atom stereocenters. The second-order valence-electron chi connectivity index (χ2n) is 12.2. The molecule has 6 heteroatoms. The molecule has 3 fully saturated rings.